The second kappa shape index (κ2) is 5.58. The molecule has 0 aromatic carbocycles. The second-order valence-corrected chi connectivity index (χ2v) is 99.2. The summed E-state index contributed by atoms with van der Waals surface area (Å²) in [6, 6.07) is 0. The molecular weight excluding hydrogens is 253 g/mol. The van der Waals surface area contributed by atoms with Gasteiger partial charge in [-0.25, -0.2) is 0 Å². The summed E-state index contributed by atoms with van der Waals surface area (Å²) >= 11 is 0. The predicted molar refractivity (Wildman–Crippen MR) is 82.5 cm³/mol. The van der Waals surface area contributed by atoms with Crippen molar-refractivity contribution >= 4 is 81.8 Å². The molecule has 0 amide bonds. The SMILES string of the molecule is [SiH3][SiH2][SiH]([SiH3])[Si]([SiH3])([SiH3])[SiH3].[SiH4]. The zero-order chi connectivity index (χ0) is 6.78. The third kappa shape index (κ3) is 6.35. The fraction of sp³-hybridized carbons (Fsp3) is 0. The highest BCUT2D eigenvalue weighted by molar-refractivity contribution is 7.96. The molecule has 0 aliphatic rings. The molecule has 0 rings (SSSR count). The van der Waals surface area contributed by atoms with Crippen LogP contribution in [0.1, 0.15) is 0 Å². The Morgan fingerprint density at radius 1 is 1.22 bits per heavy atom. The Kier molecular flexibility index (Phi) is 8.40. The quantitative estimate of drug-likeness (QED) is 0.439. The van der Waals surface area contributed by atoms with E-state index in [1.54, 1.807) is 48.8 Å². The number of rotatable bonds is 2. The van der Waals surface area contributed by atoms with E-state index in [1.807, 2.05) is 0 Å². The molecule has 0 saturated carbocycles. The van der Waals surface area contributed by atoms with Crippen LogP contribution in [-0.2, 0) is 0 Å². The van der Waals surface area contributed by atoms with Gasteiger partial charge in [0.05, 0.1) is 0 Å². The van der Waals surface area contributed by atoms with E-state index in [9.17, 15) is 0 Å². The molecule has 1 atom stereocenters. The van der Waals surface area contributed by atoms with Crippen LogP contribution < -0.4 is 0 Å². The molecule has 0 nitrogen and oxygen atoms in total. The third-order valence-corrected chi connectivity index (χ3v) is 169. The highest BCUT2D eigenvalue weighted by Crippen LogP contribution is 1.83. The van der Waals surface area contributed by atoms with Crippen molar-refractivity contribution in [3.05, 3.63) is 0 Å². The molecule has 58 valence electrons. The Bertz CT molecular complexity index is 56.9. The Labute approximate surface area is 81.5 Å². The third-order valence-electron chi connectivity index (χ3n) is 2.09. The molecule has 0 aliphatic heterocycles. The summed E-state index contributed by atoms with van der Waals surface area (Å²) in [5.74, 6) is 0. The lowest BCUT2D eigenvalue weighted by Gasteiger charge is -2.21. The van der Waals surface area contributed by atoms with Crippen LogP contribution in [0.5, 0.6) is 0 Å². The maximum absolute atomic E-state index is 1.75. The molecule has 9 heteroatoms. The van der Waals surface area contributed by atoms with E-state index >= 15 is 0 Å². The van der Waals surface area contributed by atoms with Crippen molar-refractivity contribution in [3.63, 3.8) is 0 Å². The molecule has 0 heterocycles. The van der Waals surface area contributed by atoms with Crippen molar-refractivity contribution in [3.8, 4) is 0 Å². The fourth-order valence-electron chi connectivity index (χ4n) is 0.612. The zero-order valence-electron chi connectivity index (χ0n) is 6.78. The minimum Gasteiger partial charge on any atom is -0.0149 e. The first-order chi connectivity index (χ1) is 3.48. The summed E-state index contributed by atoms with van der Waals surface area (Å²) in [6.45, 7) is 0. The first kappa shape index (κ1) is 13.5. The lowest BCUT2D eigenvalue weighted by Crippen LogP contribution is -2.59. The van der Waals surface area contributed by atoms with E-state index in [2.05, 4.69) is 0 Å². The molecule has 0 saturated heterocycles. The normalized spacial score (nSPS) is 22.7. The average Bonchev–Trinajstić information content (AvgIpc) is 1.62. The molecule has 0 spiro atoms. The van der Waals surface area contributed by atoms with Crippen LogP contribution in [0.15, 0.2) is 0 Å². The first-order valence-corrected chi connectivity index (χ1v) is 31.3. The molecule has 0 aromatic rings. The Hall–Kier alpha value is 1.95. The van der Waals surface area contributed by atoms with Gasteiger partial charge >= 0.3 is 0 Å². The molecule has 0 fully saturated rings. The van der Waals surface area contributed by atoms with Gasteiger partial charge in [-0.05, 0) is 81.8 Å². The topological polar surface area (TPSA) is 0 Å². The van der Waals surface area contributed by atoms with Crippen LogP contribution in [0.4, 0.5) is 0 Å². The van der Waals surface area contributed by atoms with E-state index in [-0.39, 0.29) is 17.1 Å². The fourth-order valence-corrected chi connectivity index (χ4v) is 149. The largest absolute Gasteiger partial charge is 0.0149 e. The monoisotopic (exact) mass is 274 g/mol. The lowest BCUT2D eigenvalue weighted by atomic mass is 25.9. The van der Waals surface area contributed by atoms with Gasteiger partial charge in [-0.3, -0.25) is 0 Å². The predicted octanol–water partition coefficient (Wildman–Crippen LogP) is -9.32. The van der Waals surface area contributed by atoms with Gasteiger partial charge in [-0.1, -0.05) is 0 Å². The smallest absolute Gasteiger partial charge is 0.00588 e. The summed E-state index contributed by atoms with van der Waals surface area (Å²) in [6.07, 6.45) is -0.0469. The maximum Gasteiger partial charge on any atom is -0.00588 e. The second-order valence-electron chi connectivity index (χ2n) is 3.68. The van der Waals surface area contributed by atoms with Crippen LogP contribution in [0.2, 0.25) is 0 Å². The highest BCUT2D eigenvalue weighted by atomic mass is 30.3. The number of hydrogen-bond acceptors (Lipinski definition) is 0. The van der Waals surface area contributed by atoms with Gasteiger partial charge in [0, 0.05) is 0 Å². The van der Waals surface area contributed by atoms with Gasteiger partial charge < -0.3 is 0 Å². The lowest BCUT2D eigenvalue weighted by molar-refractivity contribution is 3.55. The van der Waals surface area contributed by atoms with E-state index in [4.69, 9.17) is 0 Å². The zero-order valence-corrected chi connectivity index (χ0v) is 20.4. The minimum atomic E-state index is -0.0469. The highest BCUT2D eigenvalue weighted by Gasteiger charge is 2.20. The standard InChI is InChI=1S/H18Si8.H4Si/c1-6-7(2)8(3,4)5;/h7H,6H2,1-5H3;1H4. The van der Waals surface area contributed by atoms with Crippen molar-refractivity contribution < 1.29 is 0 Å². The molecule has 0 bridgehead atoms. The molecular formula is H22Si9. The van der Waals surface area contributed by atoms with E-state index in [0.29, 0.717) is 7.35 Å². The molecule has 1 unspecified atom stereocenters. The van der Waals surface area contributed by atoms with Gasteiger partial charge in [0.25, 0.3) is 0 Å². The summed E-state index contributed by atoms with van der Waals surface area (Å²) in [5, 5.41) is 0. The van der Waals surface area contributed by atoms with Gasteiger partial charge in [-0.2, -0.15) is 0 Å². The molecule has 0 aliphatic carbocycles. The van der Waals surface area contributed by atoms with E-state index < -0.39 is 0 Å². The Morgan fingerprint density at radius 3 is 1.56 bits per heavy atom. The van der Waals surface area contributed by atoms with Crippen LogP contribution >= 0.6 is 0 Å². The molecule has 0 radical (unpaired) electrons. The van der Waals surface area contributed by atoms with Crippen molar-refractivity contribution in [1.82, 2.24) is 0 Å². The summed E-state index contributed by atoms with van der Waals surface area (Å²) in [4.78, 5) is 0. The molecule has 0 aromatic heterocycles. The molecule has 9 heavy (non-hydrogen) atoms. The van der Waals surface area contributed by atoms with E-state index in [0.717, 1.165) is 8.55 Å². The van der Waals surface area contributed by atoms with Crippen LogP contribution in [0.3, 0.4) is 0 Å². The van der Waals surface area contributed by atoms with Gasteiger partial charge in [0.15, 0.2) is 0 Å². The van der Waals surface area contributed by atoms with Gasteiger partial charge in [-0.15, -0.1) is 0 Å². The Balaban J connectivity index is 0. The number of hydrogen-bond donors (Lipinski definition) is 0. The van der Waals surface area contributed by atoms with Crippen LogP contribution in [0.25, 0.3) is 0 Å². The van der Waals surface area contributed by atoms with Crippen molar-refractivity contribution in [1.29, 1.82) is 0 Å². The first-order valence-electron chi connectivity index (χ1n) is 3.48. The van der Waals surface area contributed by atoms with Gasteiger partial charge in [0.2, 0.25) is 0 Å². The van der Waals surface area contributed by atoms with Crippen molar-refractivity contribution in [2.45, 2.75) is 0 Å². The summed E-state index contributed by atoms with van der Waals surface area (Å²) < 4.78 is 0. The summed E-state index contributed by atoms with van der Waals surface area (Å²) in [7, 11) is 9.69. The Morgan fingerprint density at radius 2 is 1.56 bits per heavy atom. The summed E-state index contributed by atoms with van der Waals surface area (Å²) in [5.41, 5.74) is 0. The van der Waals surface area contributed by atoms with E-state index in [1.165, 1.54) is 0 Å². The minimum absolute atomic E-state index is 0. The van der Waals surface area contributed by atoms with Crippen LogP contribution in [0, 0.1) is 0 Å². The van der Waals surface area contributed by atoms with Crippen LogP contribution in [-0.4, -0.2) is 81.8 Å². The van der Waals surface area contributed by atoms with Crippen molar-refractivity contribution in [2.75, 3.05) is 0 Å². The average molecular weight is 275 g/mol. The molecule has 0 N–H and O–H groups in total. The van der Waals surface area contributed by atoms with Crippen molar-refractivity contribution in [2.24, 2.45) is 0 Å². The van der Waals surface area contributed by atoms with Gasteiger partial charge in [0.1, 0.15) is 0 Å². The maximum atomic E-state index is 1.75.